The van der Waals surface area contributed by atoms with Gasteiger partial charge in [-0.05, 0) is 24.8 Å². The molecule has 2 fully saturated rings. The van der Waals surface area contributed by atoms with Crippen LogP contribution in [0.3, 0.4) is 0 Å². The van der Waals surface area contributed by atoms with Crippen LogP contribution in [0.4, 0.5) is 0 Å². The SMILES string of the molecule is O=C(c1csc(Cc2ccccc2)n1)N1CCCN(C2CCCC2)CC1. The molecular weight excluding hydrogens is 342 g/mol. The maximum absolute atomic E-state index is 12.9. The molecule has 4 nitrogen and oxygen atoms in total. The summed E-state index contributed by atoms with van der Waals surface area (Å²) in [5.41, 5.74) is 1.86. The second-order valence-corrected chi connectivity index (χ2v) is 8.35. The van der Waals surface area contributed by atoms with Crippen LogP contribution in [0.15, 0.2) is 35.7 Å². The maximum atomic E-state index is 12.9. The molecule has 0 unspecified atom stereocenters. The molecule has 0 spiro atoms. The summed E-state index contributed by atoms with van der Waals surface area (Å²) >= 11 is 1.59. The molecule has 0 bridgehead atoms. The van der Waals surface area contributed by atoms with Gasteiger partial charge in [0, 0.05) is 44.0 Å². The van der Waals surface area contributed by atoms with Crippen LogP contribution >= 0.6 is 11.3 Å². The predicted molar refractivity (Wildman–Crippen MR) is 106 cm³/mol. The first kappa shape index (κ1) is 17.7. The first-order valence-electron chi connectivity index (χ1n) is 9.81. The van der Waals surface area contributed by atoms with E-state index in [1.54, 1.807) is 11.3 Å². The number of hydrogen-bond acceptors (Lipinski definition) is 4. The Bertz CT molecular complexity index is 724. The molecule has 0 N–H and O–H groups in total. The molecule has 138 valence electrons. The van der Waals surface area contributed by atoms with Gasteiger partial charge in [0.15, 0.2) is 0 Å². The van der Waals surface area contributed by atoms with Crippen molar-refractivity contribution in [1.82, 2.24) is 14.8 Å². The van der Waals surface area contributed by atoms with Gasteiger partial charge < -0.3 is 4.90 Å². The Labute approximate surface area is 159 Å². The smallest absolute Gasteiger partial charge is 0.273 e. The van der Waals surface area contributed by atoms with Crippen LogP contribution < -0.4 is 0 Å². The third-order valence-corrected chi connectivity index (χ3v) is 6.48. The Morgan fingerprint density at radius 3 is 2.65 bits per heavy atom. The zero-order valence-electron chi connectivity index (χ0n) is 15.3. The Kier molecular flexibility index (Phi) is 5.65. The van der Waals surface area contributed by atoms with Gasteiger partial charge in [0.1, 0.15) is 5.69 Å². The summed E-state index contributed by atoms with van der Waals surface area (Å²) in [7, 11) is 0. The molecule has 1 saturated heterocycles. The number of carbonyl (C=O) groups excluding carboxylic acids is 1. The van der Waals surface area contributed by atoms with E-state index < -0.39 is 0 Å². The van der Waals surface area contributed by atoms with Gasteiger partial charge in [-0.2, -0.15) is 0 Å². The predicted octanol–water partition coefficient (Wildman–Crippen LogP) is 3.82. The minimum atomic E-state index is 0.105. The lowest BCUT2D eigenvalue weighted by Crippen LogP contribution is -2.38. The lowest BCUT2D eigenvalue weighted by atomic mass is 10.2. The number of thiazole rings is 1. The van der Waals surface area contributed by atoms with Gasteiger partial charge in [-0.1, -0.05) is 43.2 Å². The van der Waals surface area contributed by atoms with E-state index in [4.69, 9.17) is 0 Å². The molecule has 0 atom stereocenters. The van der Waals surface area contributed by atoms with Crippen molar-refractivity contribution in [2.75, 3.05) is 26.2 Å². The molecule has 1 aromatic carbocycles. The third-order valence-electron chi connectivity index (χ3n) is 5.63. The summed E-state index contributed by atoms with van der Waals surface area (Å²) in [5.74, 6) is 0.105. The fourth-order valence-corrected chi connectivity index (χ4v) is 5.00. The topological polar surface area (TPSA) is 36.4 Å². The van der Waals surface area contributed by atoms with Crippen molar-refractivity contribution in [2.24, 2.45) is 0 Å². The van der Waals surface area contributed by atoms with Crippen molar-refractivity contribution in [3.05, 3.63) is 52.0 Å². The Hall–Kier alpha value is -1.72. The lowest BCUT2D eigenvalue weighted by Gasteiger charge is -2.27. The van der Waals surface area contributed by atoms with Crippen molar-refractivity contribution in [3.63, 3.8) is 0 Å². The molecule has 1 saturated carbocycles. The minimum absolute atomic E-state index is 0.105. The highest BCUT2D eigenvalue weighted by Crippen LogP contribution is 2.24. The average Bonchev–Trinajstić information content (AvgIpc) is 3.30. The Morgan fingerprint density at radius 2 is 1.85 bits per heavy atom. The largest absolute Gasteiger partial charge is 0.336 e. The van der Waals surface area contributed by atoms with Crippen molar-refractivity contribution >= 4 is 17.2 Å². The van der Waals surface area contributed by atoms with Crippen molar-refractivity contribution in [2.45, 2.75) is 44.6 Å². The number of benzene rings is 1. The van der Waals surface area contributed by atoms with Crippen LogP contribution in [0.5, 0.6) is 0 Å². The highest BCUT2D eigenvalue weighted by atomic mass is 32.1. The number of amides is 1. The van der Waals surface area contributed by atoms with Gasteiger partial charge in [-0.3, -0.25) is 9.69 Å². The van der Waals surface area contributed by atoms with E-state index in [1.807, 2.05) is 28.5 Å². The molecule has 26 heavy (non-hydrogen) atoms. The summed E-state index contributed by atoms with van der Waals surface area (Å²) in [4.78, 5) is 22.1. The first-order valence-corrected chi connectivity index (χ1v) is 10.7. The number of hydrogen-bond donors (Lipinski definition) is 0. The molecule has 5 heteroatoms. The maximum Gasteiger partial charge on any atom is 0.273 e. The van der Waals surface area contributed by atoms with E-state index in [0.29, 0.717) is 5.69 Å². The molecule has 0 radical (unpaired) electrons. The highest BCUT2D eigenvalue weighted by Gasteiger charge is 2.27. The number of aromatic nitrogens is 1. The first-order chi connectivity index (χ1) is 12.8. The second kappa shape index (κ2) is 8.31. The van der Waals surface area contributed by atoms with Crippen LogP contribution in [-0.2, 0) is 6.42 Å². The van der Waals surface area contributed by atoms with E-state index in [-0.39, 0.29) is 5.91 Å². The Morgan fingerprint density at radius 1 is 1.04 bits per heavy atom. The monoisotopic (exact) mass is 369 g/mol. The number of rotatable bonds is 4. The highest BCUT2D eigenvalue weighted by molar-refractivity contribution is 7.09. The summed E-state index contributed by atoms with van der Waals surface area (Å²) < 4.78 is 0. The van der Waals surface area contributed by atoms with Crippen LogP contribution in [-0.4, -0.2) is 52.9 Å². The molecule has 2 aliphatic rings. The zero-order valence-corrected chi connectivity index (χ0v) is 16.1. The molecule has 1 aliphatic carbocycles. The van der Waals surface area contributed by atoms with Crippen LogP contribution in [0.25, 0.3) is 0 Å². The van der Waals surface area contributed by atoms with Crippen molar-refractivity contribution in [3.8, 4) is 0 Å². The van der Waals surface area contributed by atoms with E-state index in [9.17, 15) is 4.79 Å². The zero-order chi connectivity index (χ0) is 17.8. The van der Waals surface area contributed by atoms with E-state index in [1.165, 1.54) is 31.2 Å². The van der Waals surface area contributed by atoms with Gasteiger partial charge in [-0.15, -0.1) is 11.3 Å². The molecule has 2 heterocycles. The van der Waals surface area contributed by atoms with Crippen molar-refractivity contribution < 1.29 is 4.79 Å². The van der Waals surface area contributed by atoms with Gasteiger partial charge in [0.2, 0.25) is 0 Å². The van der Waals surface area contributed by atoms with Crippen molar-refractivity contribution in [1.29, 1.82) is 0 Å². The molecular formula is C21H27N3OS. The molecule has 2 aromatic rings. The molecule has 4 rings (SSSR count). The van der Waals surface area contributed by atoms with E-state index >= 15 is 0 Å². The van der Waals surface area contributed by atoms with Crippen LogP contribution in [0, 0.1) is 0 Å². The lowest BCUT2D eigenvalue weighted by molar-refractivity contribution is 0.0753. The summed E-state index contributed by atoms with van der Waals surface area (Å²) in [6.07, 6.45) is 7.28. The van der Waals surface area contributed by atoms with E-state index in [0.717, 1.165) is 50.1 Å². The Balaban J connectivity index is 1.36. The summed E-state index contributed by atoms with van der Waals surface area (Å²) in [6, 6.07) is 11.1. The van der Waals surface area contributed by atoms with E-state index in [2.05, 4.69) is 22.0 Å². The summed E-state index contributed by atoms with van der Waals surface area (Å²) in [5, 5.41) is 2.95. The molecule has 1 aliphatic heterocycles. The number of nitrogens with zero attached hydrogens (tertiary/aromatic N) is 3. The third kappa shape index (κ3) is 4.15. The minimum Gasteiger partial charge on any atom is -0.336 e. The second-order valence-electron chi connectivity index (χ2n) is 7.41. The summed E-state index contributed by atoms with van der Waals surface area (Å²) in [6.45, 7) is 3.83. The average molecular weight is 370 g/mol. The fraction of sp³-hybridized carbons (Fsp3) is 0.524. The quantitative estimate of drug-likeness (QED) is 0.822. The van der Waals surface area contributed by atoms with Gasteiger partial charge in [0.25, 0.3) is 5.91 Å². The molecule has 1 amide bonds. The fourth-order valence-electron chi connectivity index (χ4n) is 4.20. The molecule has 1 aromatic heterocycles. The van der Waals surface area contributed by atoms with Gasteiger partial charge >= 0.3 is 0 Å². The van der Waals surface area contributed by atoms with Gasteiger partial charge in [-0.25, -0.2) is 4.98 Å². The normalized spacial score (nSPS) is 19.6. The van der Waals surface area contributed by atoms with Crippen LogP contribution in [0.1, 0.15) is 53.2 Å². The van der Waals surface area contributed by atoms with Crippen LogP contribution in [0.2, 0.25) is 0 Å². The number of carbonyl (C=O) groups is 1. The standard InChI is InChI=1S/C21H27N3OS/c25-21(19-16-26-20(22-19)15-17-7-2-1-3-8-17)24-12-6-11-23(13-14-24)18-9-4-5-10-18/h1-3,7-8,16,18H,4-6,9-15H2. The van der Waals surface area contributed by atoms with Gasteiger partial charge in [0.05, 0.1) is 5.01 Å².